The van der Waals surface area contributed by atoms with Gasteiger partial charge < -0.3 is 0 Å². The average molecular weight is 390 g/mol. The van der Waals surface area contributed by atoms with Crippen molar-refractivity contribution in [2.24, 2.45) is 4.99 Å². The van der Waals surface area contributed by atoms with Crippen LogP contribution in [0.15, 0.2) is 117 Å². The summed E-state index contributed by atoms with van der Waals surface area (Å²) in [5.41, 5.74) is 2.27. The molecule has 136 valence electrons. The summed E-state index contributed by atoms with van der Waals surface area (Å²) < 4.78 is 0. The van der Waals surface area contributed by atoms with Gasteiger partial charge in [-0.3, -0.25) is 0 Å². The van der Waals surface area contributed by atoms with E-state index in [9.17, 15) is 0 Å². The van der Waals surface area contributed by atoms with Crippen molar-refractivity contribution in [2.75, 3.05) is 0 Å². The molecule has 0 aliphatic rings. The first-order chi connectivity index (χ1) is 13.3. The summed E-state index contributed by atoms with van der Waals surface area (Å²) in [7, 11) is 0. The normalized spacial score (nSPS) is 12.2. The number of benzene rings is 3. The summed E-state index contributed by atoms with van der Waals surface area (Å²) in [5, 5.41) is 3.33. The molecule has 3 heteroatoms. The standard InChI is InChI=1S/C24H23NS2/c1-2-12-20(19-26-22-15-8-4-9-16-22)24(25-21-13-6-3-7-14-21)27-23-17-10-5-11-18-23/h3-11,13-19H,2,12H2,1H3/b20-19+,25-24?. The molecular weight excluding hydrogens is 366 g/mol. The van der Waals surface area contributed by atoms with Crippen LogP contribution in [0.3, 0.4) is 0 Å². The molecular formula is C24H23NS2. The molecule has 3 rings (SSSR count). The quantitative estimate of drug-likeness (QED) is 0.231. The Kier molecular flexibility index (Phi) is 7.82. The molecule has 3 aromatic rings. The van der Waals surface area contributed by atoms with Crippen LogP contribution in [-0.2, 0) is 0 Å². The lowest BCUT2D eigenvalue weighted by Gasteiger charge is -2.11. The Balaban J connectivity index is 1.93. The average Bonchev–Trinajstić information content (AvgIpc) is 2.73. The third-order valence-corrected chi connectivity index (χ3v) is 5.82. The van der Waals surface area contributed by atoms with E-state index in [-0.39, 0.29) is 0 Å². The van der Waals surface area contributed by atoms with Gasteiger partial charge in [-0.05, 0) is 53.8 Å². The van der Waals surface area contributed by atoms with Crippen LogP contribution in [-0.4, -0.2) is 5.04 Å². The predicted molar refractivity (Wildman–Crippen MR) is 121 cm³/mol. The molecule has 0 radical (unpaired) electrons. The van der Waals surface area contributed by atoms with E-state index >= 15 is 0 Å². The highest BCUT2D eigenvalue weighted by Crippen LogP contribution is 2.31. The van der Waals surface area contributed by atoms with Crippen LogP contribution < -0.4 is 0 Å². The molecule has 0 amide bonds. The summed E-state index contributed by atoms with van der Waals surface area (Å²) in [6.45, 7) is 2.22. The van der Waals surface area contributed by atoms with E-state index in [1.807, 2.05) is 30.3 Å². The highest BCUT2D eigenvalue weighted by molar-refractivity contribution is 8.14. The topological polar surface area (TPSA) is 12.4 Å². The fourth-order valence-electron chi connectivity index (χ4n) is 2.50. The third kappa shape index (κ3) is 6.46. The van der Waals surface area contributed by atoms with Crippen LogP contribution in [0.25, 0.3) is 0 Å². The van der Waals surface area contributed by atoms with Gasteiger partial charge in [-0.25, -0.2) is 4.99 Å². The van der Waals surface area contributed by atoms with Crippen LogP contribution in [0.2, 0.25) is 0 Å². The van der Waals surface area contributed by atoms with Crippen molar-refractivity contribution in [2.45, 2.75) is 29.6 Å². The zero-order valence-corrected chi connectivity index (χ0v) is 17.0. The minimum Gasteiger partial charge on any atom is -0.241 e. The zero-order chi connectivity index (χ0) is 18.7. The predicted octanol–water partition coefficient (Wildman–Crippen LogP) is 7.99. The van der Waals surface area contributed by atoms with Crippen molar-refractivity contribution < 1.29 is 0 Å². The molecule has 0 aliphatic heterocycles. The zero-order valence-electron chi connectivity index (χ0n) is 15.4. The van der Waals surface area contributed by atoms with Crippen molar-refractivity contribution in [3.63, 3.8) is 0 Å². The first kappa shape index (κ1) is 19.5. The summed E-state index contributed by atoms with van der Waals surface area (Å²) in [4.78, 5) is 7.44. The Hall–Kier alpha value is -2.23. The minimum absolute atomic E-state index is 0.989. The van der Waals surface area contributed by atoms with E-state index in [0.717, 1.165) is 23.6 Å². The van der Waals surface area contributed by atoms with Gasteiger partial charge in [0.05, 0.1) is 5.69 Å². The van der Waals surface area contributed by atoms with Crippen molar-refractivity contribution in [1.29, 1.82) is 0 Å². The maximum atomic E-state index is 4.98. The molecule has 0 saturated carbocycles. The van der Waals surface area contributed by atoms with Gasteiger partial charge >= 0.3 is 0 Å². The fourth-order valence-corrected chi connectivity index (χ4v) is 4.36. The number of nitrogens with zero attached hydrogens (tertiary/aromatic N) is 1. The second-order valence-electron chi connectivity index (χ2n) is 5.99. The van der Waals surface area contributed by atoms with Gasteiger partial charge in [-0.15, -0.1) is 0 Å². The first-order valence-electron chi connectivity index (χ1n) is 9.13. The third-order valence-electron chi connectivity index (χ3n) is 3.82. The molecule has 1 nitrogen and oxygen atoms in total. The van der Waals surface area contributed by atoms with Gasteiger partial charge in [0.15, 0.2) is 0 Å². The van der Waals surface area contributed by atoms with E-state index in [1.165, 1.54) is 15.4 Å². The maximum Gasteiger partial charge on any atom is 0.105 e. The molecule has 3 aromatic carbocycles. The minimum atomic E-state index is 0.989. The first-order valence-corrected chi connectivity index (χ1v) is 10.8. The number of hydrogen-bond acceptors (Lipinski definition) is 3. The summed E-state index contributed by atoms with van der Waals surface area (Å²) >= 11 is 3.50. The van der Waals surface area contributed by atoms with Gasteiger partial charge in [0.2, 0.25) is 0 Å². The lowest BCUT2D eigenvalue weighted by molar-refractivity contribution is 0.940. The largest absolute Gasteiger partial charge is 0.241 e. The Morgan fingerprint density at radius 3 is 1.93 bits per heavy atom. The van der Waals surface area contributed by atoms with Crippen molar-refractivity contribution in [1.82, 2.24) is 0 Å². The smallest absolute Gasteiger partial charge is 0.105 e. The van der Waals surface area contributed by atoms with Crippen LogP contribution >= 0.6 is 23.5 Å². The van der Waals surface area contributed by atoms with Gasteiger partial charge in [0, 0.05) is 9.79 Å². The van der Waals surface area contributed by atoms with Crippen LogP contribution in [0.1, 0.15) is 19.8 Å². The van der Waals surface area contributed by atoms with Crippen LogP contribution in [0, 0.1) is 0 Å². The van der Waals surface area contributed by atoms with Crippen molar-refractivity contribution in [3.8, 4) is 0 Å². The Bertz CT molecular complexity index is 872. The maximum absolute atomic E-state index is 4.98. The SMILES string of the molecule is CCC/C(=C\Sc1ccccc1)C(=Nc1ccccc1)Sc1ccccc1. The second-order valence-corrected chi connectivity index (χ2v) is 8.00. The number of para-hydroxylation sites is 1. The molecule has 0 atom stereocenters. The number of thioether (sulfide) groups is 2. The van der Waals surface area contributed by atoms with Crippen molar-refractivity contribution >= 4 is 34.3 Å². The Labute approximate surface area is 170 Å². The molecule has 0 saturated heterocycles. The van der Waals surface area contributed by atoms with Gasteiger partial charge in [-0.2, -0.15) is 0 Å². The molecule has 0 bridgehead atoms. The van der Waals surface area contributed by atoms with E-state index in [2.05, 4.69) is 73.0 Å². The van der Waals surface area contributed by atoms with Gasteiger partial charge in [0.1, 0.15) is 5.04 Å². The molecule has 0 aliphatic carbocycles. The molecule has 0 unspecified atom stereocenters. The summed E-state index contributed by atoms with van der Waals surface area (Å²) in [5.74, 6) is 0. The monoisotopic (exact) mass is 389 g/mol. The van der Waals surface area contributed by atoms with Gasteiger partial charge in [-0.1, -0.05) is 91.5 Å². The number of rotatable bonds is 7. The molecule has 27 heavy (non-hydrogen) atoms. The highest BCUT2D eigenvalue weighted by Gasteiger charge is 2.10. The van der Waals surface area contributed by atoms with E-state index in [0.29, 0.717) is 0 Å². The lowest BCUT2D eigenvalue weighted by Crippen LogP contribution is -1.98. The van der Waals surface area contributed by atoms with Crippen LogP contribution in [0.5, 0.6) is 0 Å². The highest BCUT2D eigenvalue weighted by atomic mass is 32.2. The molecule has 0 heterocycles. The van der Waals surface area contributed by atoms with Crippen molar-refractivity contribution in [3.05, 3.63) is 102 Å². The van der Waals surface area contributed by atoms with E-state index < -0.39 is 0 Å². The number of aliphatic imine (C=N–C) groups is 1. The summed E-state index contributed by atoms with van der Waals surface area (Å²) in [6.07, 6.45) is 2.09. The van der Waals surface area contributed by atoms with E-state index in [4.69, 9.17) is 4.99 Å². The molecule has 0 N–H and O–H groups in total. The summed E-state index contributed by atoms with van der Waals surface area (Å²) in [6, 6.07) is 31.2. The van der Waals surface area contributed by atoms with Crippen LogP contribution in [0.4, 0.5) is 5.69 Å². The van der Waals surface area contributed by atoms with Gasteiger partial charge in [0.25, 0.3) is 0 Å². The Morgan fingerprint density at radius 1 is 0.778 bits per heavy atom. The fraction of sp³-hybridized carbons (Fsp3) is 0.125. The molecule has 0 fully saturated rings. The second kappa shape index (κ2) is 10.8. The molecule has 0 aromatic heterocycles. The molecule has 0 spiro atoms. The Morgan fingerprint density at radius 2 is 1.33 bits per heavy atom. The number of hydrogen-bond donors (Lipinski definition) is 0. The lowest BCUT2D eigenvalue weighted by atomic mass is 10.2. The van der Waals surface area contributed by atoms with E-state index in [1.54, 1.807) is 23.5 Å².